The third kappa shape index (κ3) is 1.11. The second-order valence-corrected chi connectivity index (χ2v) is 3.87. The molecule has 0 saturated carbocycles. The van der Waals surface area contributed by atoms with Gasteiger partial charge < -0.3 is 4.98 Å². The number of pyridine rings is 1. The molecule has 58 valence electrons. The van der Waals surface area contributed by atoms with Crippen molar-refractivity contribution in [2.75, 3.05) is 0 Å². The summed E-state index contributed by atoms with van der Waals surface area (Å²) in [7, 11) is 0. The summed E-state index contributed by atoms with van der Waals surface area (Å²) < 4.78 is 0.887. The first-order chi connectivity index (χ1) is 5.29. The first kappa shape index (κ1) is 7.34. The lowest BCUT2D eigenvalue weighted by Crippen LogP contribution is -2.11. The van der Waals surface area contributed by atoms with Crippen LogP contribution in [0.4, 0.5) is 0 Å². The van der Waals surface area contributed by atoms with Crippen molar-refractivity contribution < 1.29 is 0 Å². The van der Waals surface area contributed by atoms with Crippen LogP contribution < -0.4 is 5.56 Å². The van der Waals surface area contributed by atoms with Gasteiger partial charge in [0.2, 0.25) is 0 Å². The van der Waals surface area contributed by atoms with Gasteiger partial charge in [-0.3, -0.25) is 4.79 Å². The van der Waals surface area contributed by atoms with Crippen molar-refractivity contribution >= 4 is 22.6 Å². The molecule has 1 aliphatic rings. The molecular weight excluding hydrogens is 253 g/mol. The minimum Gasteiger partial charge on any atom is -0.328 e. The second kappa shape index (κ2) is 2.62. The summed E-state index contributed by atoms with van der Waals surface area (Å²) in [5.41, 5.74) is 2.66. The Labute approximate surface area is 78.2 Å². The van der Waals surface area contributed by atoms with E-state index in [0.717, 1.165) is 16.4 Å². The van der Waals surface area contributed by atoms with E-state index >= 15 is 0 Å². The van der Waals surface area contributed by atoms with Gasteiger partial charge in [-0.2, -0.15) is 0 Å². The van der Waals surface area contributed by atoms with Crippen LogP contribution in [-0.4, -0.2) is 4.98 Å². The van der Waals surface area contributed by atoms with Gasteiger partial charge in [0.15, 0.2) is 0 Å². The van der Waals surface area contributed by atoms with Gasteiger partial charge in [-0.15, -0.1) is 0 Å². The van der Waals surface area contributed by atoms with E-state index in [2.05, 4.69) is 27.6 Å². The minimum absolute atomic E-state index is 0.0613. The smallest absolute Gasteiger partial charge is 0.261 e. The molecule has 1 heterocycles. The average molecular weight is 261 g/mol. The molecule has 0 fully saturated rings. The first-order valence-corrected chi connectivity index (χ1v) is 4.76. The van der Waals surface area contributed by atoms with Crippen molar-refractivity contribution in [3.63, 3.8) is 0 Å². The fraction of sp³-hybridized carbons (Fsp3) is 0.375. The van der Waals surface area contributed by atoms with Crippen molar-refractivity contribution in [2.45, 2.75) is 19.3 Å². The van der Waals surface area contributed by atoms with E-state index in [4.69, 9.17) is 0 Å². The van der Waals surface area contributed by atoms with Gasteiger partial charge in [-0.1, -0.05) is 0 Å². The Kier molecular flexibility index (Phi) is 1.75. The summed E-state index contributed by atoms with van der Waals surface area (Å²) in [6.07, 6.45) is 5.26. The zero-order valence-corrected chi connectivity index (χ0v) is 8.14. The maximum absolute atomic E-state index is 11.1. The second-order valence-electron chi connectivity index (χ2n) is 2.79. The van der Waals surface area contributed by atoms with Crippen LogP contribution >= 0.6 is 22.6 Å². The summed E-state index contributed by atoms with van der Waals surface area (Å²) in [5.74, 6) is 0. The van der Waals surface area contributed by atoms with Gasteiger partial charge in [-0.25, -0.2) is 0 Å². The number of H-pyrrole nitrogens is 1. The van der Waals surface area contributed by atoms with E-state index in [0.29, 0.717) is 0 Å². The Morgan fingerprint density at radius 1 is 1.45 bits per heavy atom. The lowest BCUT2D eigenvalue weighted by molar-refractivity contribution is 0.910. The largest absolute Gasteiger partial charge is 0.328 e. The molecule has 0 aromatic carbocycles. The maximum Gasteiger partial charge on any atom is 0.261 e. The number of nitrogens with one attached hydrogen (secondary N) is 1. The number of halogens is 1. The normalized spacial score (nSPS) is 15.0. The zero-order chi connectivity index (χ0) is 7.84. The molecule has 1 N–H and O–H groups in total. The van der Waals surface area contributed by atoms with Crippen LogP contribution in [0.2, 0.25) is 0 Å². The van der Waals surface area contributed by atoms with E-state index in [-0.39, 0.29) is 5.56 Å². The topological polar surface area (TPSA) is 32.9 Å². The van der Waals surface area contributed by atoms with Crippen molar-refractivity contribution in [3.8, 4) is 0 Å². The van der Waals surface area contributed by atoms with E-state index < -0.39 is 0 Å². The van der Waals surface area contributed by atoms with Gasteiger partial charge in [-0.05, 0) is 53.0 Å². The van der Waals surface area contributed by atoms with Gasteiger partial charge in [0.1, 0.15) is 0 Å². The van der Waals surface area contributed by atoms with Crippen LogP contribution in [0, 0.1) is 3.57 Å². The molecule has 0 spiro atoms. The monoisotopic (exact) mass is 261 g/mol. The molecule has 0 unspecified atom stereocenters. The Morgan fingerprint density at radius 3 is 3.09 bits per heavy atom. The van der Waals surface area contributed by atoms with Crippen molar-refractivity contribution in [3.05, 3.63) is 31.2 Å². The van der Waals surface area contributed by atoms with E-state index in [1.54, 1.807) is 0 Å². The fourth-order valence-corrected chi connectivity index (χ4v) is 2.30. The molecule has 1 aromatic rings. The molecule has 1 aromatic heterocycles. The zero-order valence-electron chi connectivity index (χ0n) is 5.98. The number of aromatic nitrogens is 1. The molecule has 3 heteroatoms. The highest BCUT2D eigenvalue weighted by Crippen LogP contribution is 2.22. The van der Waals surface area contributed by atoms with Crippen LogP contribution in [0.5, 0.6) is 0 Å². The highest BCUT2D eigenvalue weighted by molar-refractivity contribution is 14.1. The van der Waals surface area contributed by atoms with Crippen LogP contribution in [0.25, 0.3) is 0 Å². The third-order valence-electron chi connectivity index (χ3n) is 2.10. The number of fused-ring (bicyclic) bond motifs is 1. The Balaban J connectivity index is 2.72. The molecule has 0 radical (unpaired) electrons. The van der Waals surface area contributed by atoms with Crippen molar-refractivity contribution in [1.29, 1.82) is 0 Å². The summed E-state index contributed by atoms with van der Waals surface area (Å²) >= 11 is 2.13. The standard InChI is InChI=1S/C8H8INO/c9-7-6-3-1-2-5(6)4-10-8(7)11/h4H,1-3H2,(H,10,11). The summed E-state index contributed by atoms with van der Waals surface area (Å²) in [6, 6.07) is 0. The highest BCUT2D eigenvalue weighted by Gasteiger charge is 2.14. The maximum atomic E-state index is 11.1. The number of hydrogen-bond donors (Lipinski definition) is 1. The van der Waals surface area contributed by atoms with Crippen molar-refractivity contribution in [1.82, 2.24) is 4.98 Å². The SMILES string of the molecule is O=c1[nH]cc2c(c1I)CCC2. The van der Waals surface area contributed by atoms with Crippen LogP contribution in [-0.2, 0) is 12.8 Å². The number of aromatic amines is 1. The Morgan fingerprint density at radius 2 is 2.27 bits per heavy atom. The summed E-state index contributed by atoms with van der Waals surface area (Å²) in [4.78, 5) is 13.9. The predicted molar refractivity (Wildman–Crippen MR) is 51.8 cm³/mol. The van der Waals surface area contributed by atoms with Crippen LogP contribution in [0.1, 0.15) is 17.5 Å². The minimum atomic E-state index is 0.0613. The van der Waals surface area contributed by atoms with Gasteiger partial charge in [0.05, 0.1) is 3.57 Å². The van der Waals surface area contributed by atoms with Gasteiger partial charge in [0, 0.05) is 6.20 Å². The fourth-order valence-electron chi connectivity index (χ4n) is 1.53. The Hall–Kier alpha value is -0.320. The molecular formula is C8H8INO. The molecule has 0 bridgehead atoms. The van der Waals surface area contributed by atoms with Gasteiger partial charge >= 0.3 is 0 Å². The Bertz CT molecular complexity index is 342. The first-order valence-electron chi connectivity index (χ1n) is 3.68. The van der Waals surface area contributed by atoms with Crippen LogP contribution in [0.15, 0.2) is 11.0 Å². The molecule has 0 atom stereocenters. The lowest BCUT2D eigenvalue weighted by atomic mass is 10.2. The van der Waals surface area contributed by atoms with Crippen molar-refractivity contribution in [2.24, 2.45) is 0 Å². The van der Waals surface area contributed by atoms with E-state index in [1.165, 1.54) is 17.5 Å². The van der Waals surface area contributed by atoms with E-state index in [9.17, 15) is 4.79 Å². The molecule has 1 aliphatic carbocycles. The van der Waals surface area contributed by atoms with E-state index in [1.807, 2.05) is 6.20 Å². The summed E-state index contributed by atoms with van der Waals surface area (Å²) in [5, 5.41) is 0. The highest BCUT2D eigenvalue weighted by atomic mass is 127. The molecule has 2 rings (SSSR count). The number of aryl methyl sites for hydroxylation is 1. The number of rotatable bonds is 0. The van der Waals surface area contributed by atoms with Gasteiger partial charge in [0.25, 0.3) is 5.56 Å². The molecule has 0 amide bonds. The molecule has 0 aliphatic heterocycles. The summed E-state index contributed by atoms with van der Waals surface area (Å²) in [6.45, 7) is 0. The molecule has 11 heavy (non-hydrogen) atoms. The molecule has 2 nitrogen and oxygen atoms in total. The lowest BCUT2D eigenvalue weighted by Gasteiger charge is -1.98. The third-order valence-corrected chi connectivity index (χ3v) is 3.24. The molecule has 0 saturated heterocycles. The number of hydrogen-bond acceptors (Lipinski definition) is 1. The predicted octanol–water partition coefficient (Wildman–Crippen LogP) is 1.47. The quantitative estimate of drug-likeness (QED) is 0.705. The van der Waals surface area contributed by atoms with Crippen LogP contribution in [0.3, 0.4) is 0 Å². The average Bonchev–Trinajstić information content (AvgIpc) is 2.45.